The quantitative estimate of drug-likeness (QED) is 0.368. The fourth-order valence-corrected chi connectivity index (χ4v) is 2.13. The Kier molecular flexibility index (Phi) is 8.61. The summed E-state index contributed by atoms with van der Waals surface area (Å²) < 4.78 is 0. The molecule has 4 nitrogen and oxygen atoms in total. The maximum atomic E-state index is 5.45. The van der Waals surface area contributed by atoms with E-state index in [2.05, 4.69) is 22.9 Å². The van der Waals surface area contributed by atoms with E-state index in [4.69, 9.17) is 5.73 Å². The van der Waals surface area contributed by atoms with E-state index in [1.54, 1.807) is 0 Å². The summed E-state index contributed by atoms with van der Waals surface area (Å²) in [7, 11) is 0. The molecule has 0 saturated heterocycles. The average molecular weight is 242 g/mol. The van der Waals surface area contributed by atoms with Crippen molar-refractivity contribution < 1.29 is 0 Å². The van der Waals surface area contributed by atoms with Crippen molar-refractivity contribution in [2.75, 3.05) is 45.8 Å². The van der Waals surface area contributed by atoms with Gasteiger partial charge in [0.15, 0.2) is 0 Å². The van der Waals surface area contributed by atoms with Crippen LogP contribution in [0.15, 0.2) is 0 Å². The van der Waals surface area contributed by atoms with E-state index in [0.29, 0.717) is 0 Å². The molecule has 0 aliphatic heterocycles. The van der Waals surface area contributed by atoms with E-state index in [9.17, 15) is 0 Å². The van der Waals surface area contributed by atoms with E-state index in [1.807, 2.05) is 0 Å². The molecule has 0 radical (unpaired) electrons. The molecule has 1 aliphatic carbocycles. The second kappa shape index (κ2) is 9.83. The van der Waals surface area contributed by atoms with Gasteiger partial charge in [-0.05, 0) is 76.9 Å². The summed E-state index contributed by atoms with van der Waals surface area (Å²) in [4.78, 5) is 0. The van der Waals surface area contributed by atoms with Crippen LogP contribution in [-0.4, -0.2) is 45.8 Å². The van der Waals surface area contributed by atoms with Crippen LogP contribution in [0.5, 0.6) is 0 Å². The van der Waals surface area contributed by atoms with Gasteiger partial charge in [0.1, 0.15) is 0 Å². The second-order valence-corrected chi connectivity index (χ2v) is 5.01. The van der Waals surface area contributed by atoms with E-state index in [0.717, 1.165) is 51.0 Å². The molecular weight excluding hydrogens is 212 g/mol. The standard InChI is InChI=1S/C13H30N4/c1-2-15-7-4-8-17-11-13-9-12(13)10-16-6-3-5-14/h12-13,15-17H,2-11,14H2,1H3/t12-,13+/m0/s1. The lowest BCUT2D eigenvalue weighted by atomic mass is 10.3. The lowest BCUT2D eigenvalue weighted by Crippen LogP contribution is -2.25. The van der Waals surface area contributed by atoms with Gasteiger partial charge >= 0.3 is 0 Å². The monoisotopic (exact) mass is 242 g/mol. The van der Waals surface area contributed by atoms with E-state index in [1.165, 1.54) is 25.9 Å². The van der Waals surface area contributed by atoms with Gasteiger partial charge in [-0.25, -0.2) is 0 Å². The Morgan fingerprint density at radius 2 is 1.53 bits per heavy atom. The molecule has 17 heavy (non-hydrogen) atoms. The van der Waals surface area contributed by atoms with Crippen molar-refractivity contribution >= 4 is 0 Å². The molecule has 0 spiro atoms. The zero-order chi connectivity index (χ0) is 12.3. The predicted molar refractivity (Wildman–Crippen MR) is 74.2 cm³/mol. The normalized spacial score (nSPS) is 22.9. The summed E-state index contributed by atoms with van der Waals surface area (Å²) in [5, 5.41) is 10.4. The summed E-state index contributed by atoms with van der Waals surface area (Å²) in [5.74, 6) is 1.83. The van der Waals surface area contributed by atoms with E-state index < -0.39 is 0 Å². The number of hydrogen-bond acceptors (Lipinski definition) is 4. The average Bonchev–Trinajstić information content (AvgIpc) is 3.08. The van der Waals surface area contributed by atoms with Crippen molar-refractivity contribution in [3.63, 3.8) is 0 Å². The van der Waals surface area contributed by atoms with E-state index in [-0.39, 0.29) is 0 Å². The highest BCUT2D eigenvalue weighted by atomic mass is 14.9. The molecule has 2 atom stereocenters. The SMILES string of the molecule is CCNCCCNC[C@H]1C[C@H]1CNCCCN. The van der Waals surface area contributed by atoms with Gasteiger partial charge in [0.05, 0.1) is 0 Å². The molecule has 0 aromatic heterocycles. The van der Waals surface area contributed by atoms with Crippen LogP contribution in [-0.2, 0) is 0 Å². The van der Waals surface area contributed by atoms with Crippen LogP contribution in [0.25, 0.3) is 0 Å². The Balaban J connectivity index is 1.78. The summed E-state index contributed by atoms with van der Waals surface area (Å²) in [5.41, 5.74) is 5.45. The minimum Gasteiger partial charge on any atom is -0.330 e. The zero-order valence-electron chi connectivity index (χ0n) is 11.3. The van der Waals surface area contributed by atoms with Crippen LogP contribution in [0.1, 0.15) is 26.2 Å². The number of rotatable bonds is 12. The molecule has 0 aromatic rings. The number of hydrogen-bond donors (Lipinski definition) is 4. The van der Waals surface area contributed by atoms with Crippen LogP contribution in [0.4, 0.5) is 0 Å². The molecular formula is C13H30N4. The smallest absolute Gasteiger partial charge is 0.00173 e. The molecule has 0 bridgehead atoms. The van der Waals surface area contributed by atoms with Gasteiger partial charge < -0.3 is 21.7 Å². The minimum absolute atomic E-state index is 0.800. The third-order valence-corrected chi connectivity index (χ3v) is 3.40. The first-order valence-corrected chi connectivity index (χ1v) is 7.20. The van der Waals surface area contributed by atoms with Gasteiger partial charge in [0.2, 0.25) is 0 Å². The summed E-state index contributed by atoms with van der Waals surface area (Å²) in [6, 6.07) is 0. The Hall–Kier alpha value is -0.160. The van der Waals surface area contributed by atoms with Crippen LogP contribution < -0.4 is 21.7 Å². The van der Waals surface area contributed by atoms with Crippen LogP contribution in [0.2, 0.25) is 0 Å². The van der Waals surface area contributed by atoms with Crippen LogP contribution in [0, 0.1) is 11.8 Å². The summed E-state index contributed by atoms with van der Waals surface area (Å²) in [6.45, 7) is 9.79. The fraction of sp³-hybridized carbons (Fsp3) is 1.00. The summed E-state index contributed by atoms with van der Waals surface area (Å²) in [6.07, 6.45) is 3.73. The van der Waals surface area contributed by atoms with Gasteiger partial charge in [-0.1, -0.05) is 6.92 Å². The molecule has 1 saturated carbocycles. The van der Waals surface area contributed by atoms with Crippen LogP contribution in [0.3, 0.4) is 0 Å². The van der Waals surface area contributed by atoms with Crippen molar-refractivity contribution in [3.8, 4) is 0 Å². The van der Waals surface area contributed by atoms with Crippen molar-refractivity contribution in [1.82, 2.24) is 16.0 Å². The largest absolute Gasteiger partial charge is 0.330 e. The lowest BCUT2D eigenvalue weighted by molar-refractivity contribution is 0.543. The molecule has 0 unspecified atom stereocenters. The predicted octanol–water partition coefficient (Wildman–Crippen LogP) is 0.150. The number of nitrogens with two attached hydrogens (primary N) is 1. The first-order valence-electron chi connectivity index (χ1n) is 7.20. The third kappa shape index (κ3) is 7.71. The zero-order valence-corrected chi connectivity index (χ0v) is 11.3. The highest BCUT2D eigenvalue weighted by Crippen LogP contribution is 2.36. The molecule has 4 heteroatoms. The molecule has 0 aromatic carbocycles. The maximum absolute atomic E-state index is 5.45. The van der Waals surface area contributed by atoms with Gasteiger partial charge in [-0.2, -0.15) is 0 Å². The maximum Gasteiger partial charge on any atom is -0.00173 e. The first-order chi connectivity index (χ1) is 8.38. The van der Waals surface area contributed by atoms with Gasteiger partial charge in [-0.3, -0.25) is 0 Å². The lowest BCUT2D eigenvalue weighted by Gasteiger charge is -2.05. The molecule has 0 amide bonds. The molecule has 1 rings (SSSR count). The minimum atomic E-state index is 0.800. The second-order valence-electron chi connectivity index (χ2n) is 5.01. The Labute approximate surface area is 106 Å². The highest BCUT2D eigenvalue weighted by Gasteiger charge is 2.35. The Morgan fingerprint density at radius 3 is 2.12 bits per heavy atom. The van der Waals surface area contributed by atoms with Crippen molar-refractivity contribution in [2.24, 2.45) is 17.6 Å². The van der Waals surface area contributed by atoms with Gasteiger partial charge in [0, 0.05) is 0 Å². The molecule has 1 aliphatic rings. The third-order valence-electron chi connectivity index (χ3n) is 3.40. The van der Waals surface area contributed by atoms with Gasteiger partial charge in [-0.15, -0.1) is 0 Å². The molecule has 102 valence electrons. The van der Waals surface area contributed by atoms with Crippen LogP contribution >= 0.6 is 0 Å². The van der Waals surface area contributed by atoms with Crippen molar-refractivity contribution in [3.05, 3.63) is 0 Å². The highest BCUT2D eigenvalue weighted by molar-refractivity contribution is 4.89. The molecule has 5 N–H and O–H groups in total. The summed E-state index contributed by atoms with van der Waals surface area (Å²) >= 11 is 0. The fourth-order valence-electron chi connectivity index (χ4n) is 2.13. The Morgan fingerprint density at radius 1 is 0.941 bits per heavy atom. The Bertz CT molecular complexity index is 175. The van der Waals surface area contributed by atoms with Gasteiger partial charge in [0.25, 0.3) is 0 Å². The topological polar surface area (TPSA) is 62.1 Å². The first kappa shape index (κ1) is 14.9. The van der Waals surface area contributed by atoms with E-state index >= 15 is 0 Å². The molecule has 0 heterocycles. The number of nitrogens with one attached hydrogen (secondary N) is 3. The van der Waals surface area contributed by atoms with Crippen molar-refractivity contribution in [1.29, 1.82) is 0 Å². The molecule has 1 fully saturated rings. The van der Waals surface area contributed by atoms with Crippen molar-refractivity contribution in [2.45, 2.75) is 26.2 Å².